The van der Waals surface area contributed by atoms with E-state index >= 15 is 0 Å². The van der Waals surface area contributed by atoms with Gasteiger partial charge in [-0.05, 0) is 83.0 Å². The largest absolute Gasteiger partial charge is 0.384 e. The summed E-state index contributed by atoms with van der Waals surface area (Å²) in [6.07, 6.45) is 1.40. The van der Waals surface area contributed by atoms with Crippen LogP contribution in [-0.2, 0) is 11.2 Å². The summed E-state index contributed by atoms with van der Waals surface area (Å²) in [4.78, 5) is 13.3. The summed E-state index contributed by atoms with van der Waals surface area (Å²) in [6.45, 7) is 2.45. The van der Waals surface area contributed by atoms with E-state index in [1.54, 1.807) is 36.4 Å². The number of hydrogen-bond donors (Lipinski definition) is 3. The van der Waals surface area contributed by atoms with Gasteiger partial charge in [-0.25, -0.2) is 13.2 Å². The molecule has 0 saturated carbocycles. The lowest BCUT2D eigenvalue weighted by Gasteiger charge is -2.26. The second-order valence-corrected chi connectivity index (χ2v) is 10.5. The molecule has 0 atom stereocenters. The Bertz CT molecular complexity index is 1530. The highest BCUT2D eigenvalue weighted by atomic mass is 19.3. The molecule has 0 aliphatic heterocycles. The third kappa shape index (κ3) is 7.06. The van der Waals surface area contributed by atoms with E-state index in [-0.39, 0.29) is 24.9 Å². The molecule has 4 rings (SSSR count). The molecule has 10 heteroatoms. The fourth-order valence-corrected chi connectivity index (χ4v) is 4.98. The van der Waals surface area contributed by atoms with Crippen LogP contribution < -0.4 is 16.0 Å². The van der Waals surface area contributed by atoms with Crippen LogP contribution in [0.15, 0.2) is 67.2 Å². The minimum Gasteiger partial charge on any atom is -0.384 e. The smallest absolute Gasteiger partial charge is 0.326 e. The molecular weight excluding hydrogens is 568 g/mol. The first kappa shape index (κ1) is 31.7. The van der Waals surface area contributed by atoms with Crippen LogP contribution in [-0.4, -0.2) is 44.6 Å². The van der Waals surface area contributed by atoms with E-state index in [0.29, 0.717) is 52.9 Å². The summed E-state index contributed by atoms with van der Waals surface area (Å²) in [5, 5.41) is 8.28. The molecule has 228 valence electrons. The molecule has 3 aromatic carbocycles. The minimum absolute atomic E-state index is 0.0280. The molecule has 1 aliphatic rings. The molecule has 0 bridgehead atoms. The molecule has 0 radical (unpaired) electrons. The first-order valence-corrected chi connectivity index (χ1v) is 13.8. The predicted octanol–water partition coefficient (Wildman–Crippen LogP) is 7.72. The Kier molecular flexibility index (Phi) is 9.57. The Hall–Kier alpha value is -4.21. The molecule has 4 nitrogen and oxygen atoms in total. The molecule has 0 unspecified atom stereocenters. The standard InChI is InChI=1S/C33H33F6N3O/c1-20(42-19-33(38,39)32(2,36)37)22-6-4-7-23(16-22)27-18-28-24(17-29(27)41-15-5-14-34)10-13-26(30(28)31(43)40-3)21-8-11-25(35)12-9-21/h4,6-9,11-12,16-18,41-42H,1,5,10,13-15,19H2,2-3H3,(H,40,43). The van der Waals surface area contributed by atoms with Crippen molar-refractivity contribution in [3.63, 3.8) is 0 Å². The molecule has 3 N–H and O–H groups in total. The molecule has 0 spiro atoms. The number of nitrogens with one attached hydrogen (secondary N) is 3. The van der Waals surface area contributed by atoms with Gasteiger partial charge in [0.25, 0.3) is 5.91 Å². The number of carbonyl (C=O) groups excluding carboxylic acids is 1. The Morgan fingerprint density at radius 2 is 1.67 bits per heavy atom. The lowest BCUT2D eigenvalue weighted by Crippen LogP contribution is -2.45. The number of rotatable bonds is 12. The van der Waals surface area contributed by atoms with E-state index in [1.807, 2.05) is 12.1 Å². The highest BCUT2D eigenvalue weighted by Crippen LogP contribution is 2.42. The summed E-state index contributed by atoms with van der Waals surface area (Å²) in [6, 6.07) is 16.4. The monoisotopic (exact) mass is 601 g/mol. The van der Waals surface area contributed by atoms with Crippen molar-refractivity contribution in [2.45, 2.75) is 38.0 Å². The van der Waals surface area contributed by atoms with E-state index < -0.39 is 30.9 Å². The van der Waals surface area contributed by atoms with Crippen LogP contribution in [0.3, 0.4) is 0 Å². The van der Waals surface area contributed by atoms with Crippen LogP contribution in [0.4, 0.5) is 32.0 Å². The Morgan fingerprint density at radius 3 is 2.33 bits per heavy atom. The minimum atomic E-state index is -4.29. The summed E-state index contributed by atoms with van der Waals surface area (Å²) >= 11 is 0. The molecule has 0 heterocycles. The number of benzene rings is 3. The second kappa shape index (κ2) is 13.0. The first-order valence-electron chi connectivity index (χ1n) is 13.8. The van der Waals surface area contributed by atoms with Gasteiger partial charge in [-0.1, -0.05) is 36.9 Å². The number of amides is 1. The maximum atomic E-state index is 13.9. The van der Waals surface area contributed by atoms with E-state index in [2.05, 4.69) is 22.5 Å². The molecule has 0 aromatic heterocycles. The van der Waals surface area contributed by atoms with Crippen molar-refractivity contribution >= 4 is 28.4 Å². The number of fused-ring (bicyclic) bond motifs is 1. The van der Waals surface area contributed by atoms with Crippen molar-refractivity contribution < 1.29 is 31.1 Å². The average molecular weight is 602 g/mol. The molecule has 1 amide bonds. The SMILES string of the molecule is C=C(NCC(F)(F)C(C)(F)F)c1cccc(-c2cc3c(cc2NCCCF)CCC(c2ccc(F)cc2)=C3C(=O)NC)c1. The highest BCUT2D eigenvalue weighted by molar-refractivity contribution is 6.28. The average Bonchev–Trinajstić information content (AvgIpc) is 2.98. The fourth-order valence-electron chi connectivity index (χ4n) is 4.98. The van der Waals surface area contributed by atoms with Crippen LogP contribution in [0.5, 0.6) is 0 Å². The van der Waals surface area contributed by atoms with E-state index in [4.69, 9.17) is 0 Å². The summed E-state index contributed by atoms with van der Waals surface area (Å²) in [7, 11) is 1.53. The van der Waals surface area contributed by atoms with Crippen LogP contribution >= 0.6 is 0 Å². The lowest BCUT2D eigenvalue weighted by atomic mass is 9.80. The molecular formula is C33H33F6N3O. The summed E-state index contributed by atoms with van der Waals surface area (Å²) < 4.78 is 81.0. The third-order valence-corrected chi connectivity index (χ3v) is 7.42. The highest BCUT2D eigenvalue weighted by Gasteiger charge is 2.51. The molecule has 3 aromatic rings. The third-order valence-electron chi connectivity index (χ3n) is 7.42. The van der Waals surface area contributed by atoms with Crippen LogP contribution in [0, 0.1) is 5.82 Å². The van der Waals surface area contributed by atoms with Crippen LogP contribution in [0.2, 0.25) is 0 Å². The van der Waals surface area contributed by atoms with Gasteiger partial charge < -0.3 is 16.0 Å². The van der Waals surface area contributed by atoms with Gasteiger partial charge in [0, 0.05) is 37.5 Å². The zero-order valence-corrected chi connectivity index (χ0v) is 23.9. The molecule has 0 saturated heterocycles. The quantitative estimate of drug-likeness (QED) is 0.147. The zero-order valence-electron chi connectivity index (χ0n) is 23.9. The number of likely N-dealkylation sites (N-methyl/N-ethyl adjacent to an activating group) is 1. The lowest BCUT2D eigenvalue weighted by molar-refractivity contribution is -0.192. The topological polar surface area (TPSA) is 53.2 Å². The maximum Gasteiger partial charge on any atom is 0.326 e. The number of hydrogen-bond acceptors (Lipinski definition) is 3. The van der Waals surface area contributed by atoms with Gasteiger partial charge in [0.2, 0.25) is 0 Å². The normalized spacial score (nSPS) is 13.4. The van der Waals surface area contributed by atoms with Crippen molar-refractivity contribution in [2.75, 3.05) is 32.1 Å². The van der Waals surface area contributed by atoms with Gasteiger partial charge in [0.1, 0.15) is 5.82 Å². The van der Waals surface area contributed by atoms with Gasteiger partial charge in [0.05, 0.1) is 18.8 Å². The first-order chi connectivity index (χ1) is 20.4. The van der Waals surface area contributed by atoms with Crippen molar-refractivity contribution in [1.82, 2.24) is 10.6 Å². The van der Waals surface area contributed by atoms with Gasteiger partial charge in [0.15, 0.2) is 0 Å². The predicted molar refractivity (Wildman–Crippen MR) is 159 cm³/mol. The number of alkyl halides is 5. The number of aryl methyl sites for hydroxylation is 1. The summed E-state index contributed by atoms with van der Waals surface area (Å²) in [5.41, 5.74) is 5.87. The van der Waals surface area contributed by atoms with Gasteiger partial charge >= 0.3 is 11.8 Å². The number of carbonyl (C=O) groups is 1. The van der Waals surface area contributed by atoms with Crippen LogP contribution in [0.25, 0.3) is 28.0 Å². The zero-order chi connectivity index (χ0) is 31.4. The van der Waals surface area contributed by atoms with E-state index in [0.717, 1.165) is 16.7 Å². The van der Waals surface area contributed by atoms with E-state index in [9.17, 15) is 31.1 Å². The van der Waals surface area contributed by atoms with Crippen molar-refractivity contribution in [3.8, 4) is 11.1 Å². The van der Waals surface area contributed by atoms with Crippen molar-refractivity contribution in [3.05, 3.63) is 95.3 Å². The van der Waals surface area contributed by atoms with Crippen molar-refractivity contribution in [2.24, 2.45) is 0 Å². The fraction of sp³-hybridized carbons (Fsp3) is 0.303. The Labute approximate surface area is 246 Å². The Morgan fingerprint density at radius 1 is 0.953 bits per heavy atom. The van der Waals surface area contributed by atoms with Gasteiger partial charge in [-0.2, -0.15) is 8.78 Å². The molecule has 0 fully saturated rings. The number of anilines is 1. The van der Waals surface area contributed by atoms with E-state index in [1.165, 1.54) is 19.2 Å². The summed E-state index contributed by atoms with van der Waals surface area (Å²) in [5.74, 6) is -9.21. The van der Waals surface area contributed by atoms with Gasteiger partial charge in [-0.3, -0.25) is 9.18 Å². The molecule has 43 heavy (non-hydrogen) atoms. The van der Waals surface area contributed by atoms with Crippen molar-refractivity contribution in [1.29, 1.82) is 0 Å². The number of allylic oxidation sites excluding steroid dienone is 1. The second-order valence-electron chi connectivity index (χ2n) is 10.5. The molecule has 1 aliphatic carbocycles. The maximum absolute atomic E-state index is 13.9. The number of halogens is 6. The Balaban J connectivity index is 1.80. The van der Waals surface area contributed by atoms with Gasteiger partial charge in [-0.15, -0.1) is 0 Å². The van der Waals surface area contributed by atoms with Crippen LogP contribution in [0.1, 0.15) is 42.0 Å².